The van der Waals surface area contributed by atoms with Gasteiger partial charge in [0.25, 0.3) is 5.91 Å². The normalized spacial score (nSPS) is 29.5. The van der Waals surface area contributed by atoms with Crippen molar-refractivity contribution in [3.63, 3.8) is 0 Å². The van der Waals surface area contributed by atoms with E-state index < -0.39 is 5.60 Å². The lowest BCUT2D eigenvalue weighted by atomic mass is 9.79. The van der Waals surface area contributed by atoms with Crippen molar-refractivity contribution in [2.45, 2.75) is 38.2 Å². The first-order valence-corrected chi connectivity index (χ1v) is 8.85. The van der Waals surface area contributed by atoms with E-state index >= 15 is 0 Å². The molecule has 2 fully saturated rings. The third-order valence-electron chi connectivity index (χ3n) is 5.40. The largest absolute Gasteiger partial charge is 0.389 e. The van der Waals surface area contributed by atoms with Gasteiger partial charge in [0.2, 0.25) is 0 Å². The van der Waals surface area contributed by atoms with Crippen LogP contribution in [-0.4, -0.2) is 59.1 Å². The fourth-order valence-corrected chi connectivity index (χ4v) is 3.75. The van der Waals surface area contributed by atoms with E-state index in [1.54, 1.807) is 0 Å². The molecule has 0 unspecified atom stereocenters. The van der Waals surface area contributed by atoms with Gasteiger partial charge in [-0.2, -0.15) is 0 Å². The molecule has 1 aliphatic carbocycles. The second-order valence-electron chi connectivity index (χ2n) is 7.34. The van der Waals surface area contributed by atoms with Crippen LogP contribution in [0.25, 0.3) is 0 Å². The molecule has 0 radical (unpaired) electrons. The fourth-order valence-electron chi connectivity index (χ4n) is 3.75. The first-order chi connectivity index (χ1) is 11.1. The lowest BCUT2D eigenvalue weighted by molar-refractivity contribution is -0.0418. The predicted molar refractivity (Wildman–Crippen MR) is 91.4 cm³/mol. The summed E-state index contributed by atoms with van der Waals surface area (Å²) < 4.78 is 0. The summed E-state index contributed by atoms with van der Waals surface area (Å²) in [5.74, 6) is 0.867. The molecular formula is C19H28N2O2. The van der Waals surface area contributed by atoms with Crippen molar-refractivity contribution in [2.75, 3.05) is 32.7 Å². The topological polar surface area (TPSA) is 43.8 Å². The van der Waals surface area contributed by atoms with E-state index in [4.69, 9.17) is 0 Å². The minimum Gasteiger partial charge on any atom is -0.389 e. The van der Waals surface area contributed by atoms with E-state index in [1.165, 1.54) is 0 Å². The van der Waals surface area contributed by atoms with Crippen molar-refractivity contribution in [1.29, 1.82) is 0 Å². The molecular weight excluding hydrogens is 288 g/mol. The van der Waals surface area contributed by atoms with Gasteiger partial charge < -0.3 is 10.0 Å². The molecule has 4 nitrogen and oxygen atoms in total. The number of benzene rings is 1. The molecule has 1 saturated heterocycles. The maximum Gasteiger partial charge on any atom is 0.253 e. The highest BCUT2D eigenvalue weighted by Gasteiger charge is 2.34. The van der Waals surface area contributed by atoms with Crippen LogP contribution in [0.1, 0.15) is 43.0 Å². The van der Waals surface area contributed by atoms with E-state index in [2.05, 4.69) is 11.8 Å². The molecule has 1 aromatic carbocycles. The number of carbonyl (C=O) groups is 1. The number of rotatable bonds is 3. The Balaban J connectivity index is 1.50. The van der Waals surface area contributed by atoms with Gasteiger partial charge in [0.1, 0.15) is 0 Å². The molecule has 2 aliphatic rings. The van der Waals surface area contributed by atoms with Gasteiger partial charge in [-0.3, -0.25) is 9.69 Å². The molecule has 0 spiro atoms. The zero-order valence-electron chi connectivity index (χ0n) is 14.1. The van der Waals surface area contributed by atoms with Crippen molar-refractivity contribution >= 4 is 5.91 Å². The van der Waals surface area contributed by atoms with Crippen LogP contribution in [0.4, 0.5) is 0 Å². The molecule has 4 heteroatoms. The lowest BCUT2D eigenvalue weighted by Crippen LogP contribution is -2.53. The van der Waals surface area contributed by atoms with Crippen LogP contribution >= 0.6 is 0 Å². The van der Waals surface area contributed by atoms with Crippen LogP contribution < -0.4 is 0 Å². The zero-order chi connectivity index (χ0) is 16.3. The Morgan fingerprint density at radius 1 is 1.13 bits per heavy atom. The van der Waals surface area contributed by atoms with Crippen LogP contribution in [0.3, 0.4) is 0 Å². The third-order valence-corrected chi connectivity index (χ3v) is 5.40. The second-order valence-corrected chi connectivity index (χ2v) is 7.34. The monoisotopic (exact) mass is 316 g/mol. The van der Waals surface area contributed by atoms with Gasteiger partial charge in [0, 0.05) is 38.3 Å². The Morgan fingerprint density at radius 3 is 2.35 bits per heavy atom. The number of aliphatic hydroxyl groups is 1. The number of nitrogens with zero attached hydrogens (tertiary/aromatic N) is 2. The van der Waals surface area contributed by atoms with E-state index in [9.17, 15) is 9.90 Å². The van der Waals surface area contributed by atoms with Crippen LogP contribution in [0.5, 0.6) is 0 Å². The maximum atomic E-state index is 12.5. The molecule has 0 bridgehead atoms. The van der Waals surface area contributed by atoms with Crippen molar-refractivity contribution in [3.8, 4) is 0 Å². The van der Waals surface area contributed by atoms with Crippen LogP contribution in [0.15, 0.2) is 30.3 Å². The molecule has 1 aromatic rings. The van der Waals surface area contributed by atoms with Crippen molar-refractivity contribution in [2.24, 2.45) is 5.92 Å². The number of carbonyl (C=O) groups excluding carboxylic acids is 1. The summed E-state index contributed by atoms with van der Waals surface area (Å²) in [4.78, 5) is 16.7. The minimum atomic E-state index is -0.516. The quantitative estimate of drug-likeness (QED) is 0.931. The Morgan fingerprint density at radius 2 is 1.74 bits per heavy atom. The van der Waals surface area contributed by atoms with Gasteiger partial charge in [0.05, 0.1) is 5.60 Å². The van der Waals surface area contributed by atoms with E-state index in [1.807, 2.05) is 35.2 Å². The van der Waals surface area contributed by atoms with Gasteiger partial charge in [-0.25, -0.2) is 0 Å². The lowest BCUT2D eigenvalue weighted by Gasteiger charge is -2.42. The van der Waals surface area contributed by atoms with Crippen LogP contribution in [0.2, 0.25) is 0 Å². The van der Waals surface area contributed by atoms with Crippen molar-refractivity contribution < 1.29 is 9.90 Å². The molecule has 1 aliphatic heterocycles. The fraction of sp³-hybridized carbons (Fsp3) is 0.632. The Hall–Kier alpha value is -1.39. The van der Waals surface area contributed by atoms with Crippen molar-refractivity contribution in [1.82, 2.24) is 9.80 Å². The molecule has 3 rings (SSSR count). The maximum absolute atomic E-state index is 12.5. The predicted octanol–water partition coefficient (Wildman–Crippen LogP) is 2.39. The SMILES string of the molecule is CC1CCC(O)(CN2CCN(C(=O)c3ccccc3)CC2)CC1. The third kappa shape index (κ3) is 4.12. The summed E-state index contributed by atoms with van der Waals surface area (Å²) in [6, 6.07) is 9.49. The van der Waals surface area contributed by atoms with Crippen LogP contribution in [-0.2, 0) is 0 Å². The van der Waals surface area contributed by atoms with E-state index in [0.29, 0.717) is 0 Å². The first-order valence-electron chi connectivity index (χ1n) is 8.85. The summed E-state index contributed by atoms with van der Waals surface area (Å²) in [6.07, 6.45) is 4.08. The Labute approximate surface area is 139 Å². The highest BCUT2D eigenvalue weighted by atomic mass is 16.3. The Bertz CT molecular complexity index is 515. The second kappa shape index (κ2) is 7.02. The number of piperazine rings is 1. The minimum absolute atomic E-state index is 0.121. The molecule has 1 heterocycles. The van der Waals surface area contributed by atoms with Gasteiger partial charge in [0.15, 0.2) is 0 Å². The molecule has 1 amide bonds. The summed E-state index contributed by atoms with van der Waals surface area (Å²) in [7, 11) is 0. The standard InChI is InChI=1S/C19H28N2O2/c1-16-7-9-19(23,10-8-16)15-20-11-13-21(14-12-20)18(22)17-5-3-2-4-6-17/h2-6,16,23H,7-15H2,1H3. The molecule has 1 saturated carbocycles. The van der Waals surface area contributed by atoms with E-state index in [0.717, 1.165) is 69.9 Å². The molecule has 1 N–H and O–H groups in total. The highest BCUT2D eigenvalue weighted by Crippen LogP contribution is 2.32. The van der Waals surface area contributed by atoms with Crippen LogP contribution in [0, 0.1) is 5.92 Å². The Kier molecular flexibility index (Phi) is 5.02. The number of hydrogen-bond donors (Lipinski definition) is 1. The van der Waals surface area contributed by atoms with Gasteiger partial charge in [-0.05, 0) is 43.7 Å². The summed E-state index contributed by atoms with van der Waals surface area (Å²) >= 11 is 0. The highest BCUT2D eigenvalue weighted by molar-refractivity contribution is 5.94. The number of amides is 1. The molecule has 126 valence electrons. The first kappa shape index (κ1) is 16.5. The average Bonchev–Trinajstić information content (AvgIpc) is 2.59. The summed E-state index contributed by atoms with van der Waals surface area (Å²) in [5.41, 5.74) is 0.249. The zero-order valence-corrected chi connectivity index (χ0v) is 14.1. The van der Waals surface area contributed by atoms with Crippen molar-refractivity contribution in [3.05, 3.63) is 35.9 Å². The van der Waals surface area contributed by atoms with Gasteiger partial charge in [-0.15, -0.1) is 0 Å². The molecule has 23 heavy (non-hydrogen) atoms. The summed E-state index contributed by atoms with van der Waals surface area (Å²) in [6.45, 7) is 6.24. The smallest absolute Gasteiger partial charge is 0.253 e. The van der Waals surface area contributed by atoms with Gasteiger partial charge >= 0.3 is 0 Å². The molecule has 0 atom stereocenters. The number of β-amino-alcohol motifs (C(OH)–C–C–N with tert-alkyl or cyclic N) is 1. The molecule has 0 aromatic heterocycles. The number of hydrogen-bond acceptors (Lipinski definition) is 3. The van der Waals surface area contributed by atoms with E-state index in [-0.39, 0.29) is 5.91 Å². The summed E-state index contributed by atoms with van der Waals surface area (Å²) in [5, 5.41) is 10.8. The van der Waals surface area contributed by atoms with Gasteiger partial charge in [-0.1, -0.05) is 25.1 Å². The average molecular weight is 316 g/mol.